The monoisotopic (exact) mass is 280 g/mol. The SMILES string of the molecule is CCNc1nnc(CN2CCCC2C2CCCC2)s1. The van der Waals surface area contributed by atoms with Gasteiger partial charge in [0.2, 0.25) is 5.13 Å². The van der Waals surface area contributed by atoms with E-state index in [-0.39, 0.29) is 0 Å². The second-order valence-electron chi connectivity index (χ2n) is 5.76. The Kier molecular flexibility index (Phi) is 4.33. The molecule has 0 aromatic carbocycles. The van der Waals surface area contributed by atoms with Crippen LogP contribution in [0.15, 0.2) is 0 Å². The number of nitrogens with one attached hydrogen (secondary N) is 1. The lowest BCUT2D eigenvalue weighted by molar-refractivity contribution is 0.182. The summed E-state index contributed by atoms with van der Waals surface area (Å²) >= 11 is 1.71. The summed E-state index contributed by atoms with van der Waals surface area (Å²) in [6, 6.07) is 0.814. The van der Waals surface area contributed by atoms with Crippen LogP contribution in [0, 0.1) is 5.92 Å². The number of likely N-dealkylation sites (tertiary alicyclic amines) is 1. The lowest BCUT2D eigenvalue weighted by atomic mass is 9.96. The van der Waals surface area contributed by atoms with Crippen LogP contribution < -0.4 is 5.32 Å². The topological polar surface area (TPSA) is 41.1 Å². The van der Waals surface area contributed by atoms with Gasteiger partial charge >= 0.3 is 0 Å². The van der Waals surface area contributed by atoms with E-state index in [0.717, 1.165) is 30.2 Å². The summed E-state index contributed by atoms with van der Waals surface area (Å²) in [7, 11) is 0. The Morgan fingerprint density at radius 2 is 2.05 bits per heavy atom. The molecule has 5 heteroatoms. The Labute approximate surface area is 119 Å². The van der Waals surface area contributed by atoms with Gasteiger partial charge in [-0.25, -0.2) is 0 Å². The average molecular weight is 280 g/mol. The minimum atomic E-state index is 0.814. The Morgan fingerprint density at radius 1 is 1.21 bits per heavy atom. The molecule has 1 N–H and O–H groups in total. The zero-order chi connectivity index (χ0) is 13.1. The number of hydrogen-bond donors (Lipinski definition) is 1. The van der Waals surface area contributed by atoms with E-state index in [0.29, 0.717) is 0 Å². The molecule has 2 fully saturated rings. The molecule has 0 spiro atoms. The van der Waals surface area contributed by atoms with Crippen LogP contribution in [-0.4, -0.2) is 34.2 Å². The van der Waals surface area contributed by atoms with E-state index in [4.69, 9.17) is 0 Å². The van der Waals surface area contributed by atoms with Crippen molar-refractivity contribution >= 4 is 16.5 Å². The molecule has 0 radical (unpaired) electrons. The van der Waals surface area contributed by atoms with Gasteiger partial charge in [-0.15, -0.1) is 10.2 Å². The summed E-state index contributed by atoms with van der Waals surface area (Å²) in [5.41, 5.74) is 0. The lowest BCUT2D eigenvalue weighted by Gasteiger charge is -2.28. The summed E-state index contributed by atoms with van der Waals surface area (Å²) in [6.45, 7) is 5.27. The second-order valence-corrected chi connectivity index (χ2v) is 6.82. The summed E-state index contributed by atoms with van der Waals surface area (Å²) < 4.78 is 0. The molecule has 106 valence electrons. The number of aromatic nitrogens is 2. The molecule has 1 aliphatic heterocycles. The van der Waals surface area contributed by atoms with Crippen LogP contribution in [0.25, 0.3) is 0 Å². The Morgan fingerprint density at radius 3 is 2.84 bits per heavy atom. The fourth-order valence-electron chi connectivity index (χ4n) is 3.64. The highest BCUT2D eigenvalue weighted by molar-refractivity contribution is 7.15. The van der Waals surface area contributed by atoms with Crippen molar-refractivity contribution in [1.82, 2.24) is 15.1 Å². The van der Waals surface area contributed by atoms with Crippen LogP contribution in [0.3, 0.4) is 0 Å². The number of nitrogens with zero attached hydrogens (tertiary/aromatic N) is 3. The Balaban J connectivity index is 1.60. The van der Waals surface area contributed by atoms with Crippen molar-refractivity contribution in [2.45, 2.75) is 58.0 Å². The minimum absolute atomic E-state index is 0.814. The van der Waals surface area contributed by atoms with E-state index in [1.54, 1.807) is 11.3 Å². The quantitative estimate of drug-likeness (QED) is 0.899. The summed E-state index contributed by atoms with van der Waals surface area (Å²) in [4.78, 5) is 2.66. The van der Waals surface area contributed by atoms with Crippen molar-refractivity contribution < 1.29 is 0 Å². The van der Waals surface area contributed by atoms with E-state index in [2.05, 4.69) is 27.3 Å². The molecule has 2 aliphatic rings. The van der Waals surface area contributed by atoms with E-state index in [9.17, 15) is 0 Å². The molecule has 3 rings (SSSR count). The summed E-state index contributed by atoms with van der Waals surface area (Å²) in [5, 5.41) is 13.9. The maximum atomic E-state index is 4.32. The zero-order valence-corrected chi connectivity index (χ0v) is 12.6. The molecule has 1 unspecified atom stereocenters. The molecule has 1 aromatic rings. The molecule has 2 heterocycles. The summed E-state index contributed by atoms with van der Waals surface area (Å²) in [6.07, 6.45) is 8.53. The molecular formula is C14H24N4S. The standard InChI is InChI=1S/C14H24N4S/c1-2-15-14-17-16-13(19-14)10-18-9-5-8-12(18)11-6-3-4-7-11/h11-12H,2-10H2,1H3,(H,15,17). The van der Waals surface area contributed by atoms with Gasteiger partial charge in [-0.1, -0.05) is 24.2 Å². The van der Waals surface area contributed by atoms with Crippen LogP contribution in [-0.2, 0) is 6.54 Å². The highest BCUT2D eigenvalue weighted by Crippen LogP contribution is 2.36. The van der Waals surface area contributed by atoms with Gasteiger partial charge in [-0.2, -0.15) is 0 Å². The summed E-state index contributed by atoms with van der Waals surface area (Å²) in [5.74, 6) is 0.948. The number of anilines is 1. The fraction of sp³-hybridized carbons (Fsp3) is 0.857. The van der Waals surface area contributed by atoms with Crippen LogP contribution in [0.2, 0.25) is 0 Å². The van der Waals surface area contributed by atoms with Gasteiger partial charge in [-0.05, 0) is 45.1 Å². The predicted octanol–water partition coefficient (Wildman–Crippen LogP) is 3.12. The Bertz CT molecular complexity index is 400. The second kappa shape index (κ2) is 6.18. The lowest BCUT2D eigenvalue weighted by Crippen LogP contribution is -2.34. The number of hydrogen-bond acceptors (Lipinski definition) is 5. The van der Waals surface area contributed by atoms with Crippen molar-refractivity contribution in [3.05, 3.63) is 5.01 Å². The van der Waals surface area contributed by atoms with Crippen molar-refractivity contribution in [3.8, 4) is 0 Å². The van der Waals surface area contributed by atoms with Gasteiger partial charge in [-0.3, -0.25) is 4.90 Å². The first-order valence-electron chi connectivity index (χ1n) is 7.67. The highest BCUT2D eigenvalue weighted by atomic mass is 32.1. The van der Waals surface area contributed by atoms with Gasteiger partial charge in [0.05, 0.1) is 6.54 Å². The van der Waals surface area contributed by atoms with Crippen LogP contribution >= 0.6 is 11.3 Å². The van der Waals surface area contributed by atoms with Crippen molar-refractivity contribution in [2.24, 2.45) is 5.92 Å². The predicted molar refractivity (Wildman–Crippen MR) is 79.5 cm³/mol. The highest BCUT2D eigenvalue weighted by Gasteiger charge is 2.33. The van der Waals surface area contributed by atoms with E-state index in [1.807, 2.05) is 0 Å². The third kappa shape index (κ3) is 3.08. The zero-order valence-electron chi connectivity index (χ0n) is 11.8. The molecule has 0 bridgehead atoms. The minimum Gasteiger partial charge on any atom is -0.360 e. The van der Waals surface area contributed by atoms with E-state index < -0.39 is 0 Å². The van der Waals surface area contributed by atoms with Crippen molar-refractivity contribution in [1.29, 1.82) is 0 Å². The van der Waals surface area contributed by atoms with Gasteiger partial charge < -0.3 is 5.32 Å². The molecule has 1 aromatic heterocycles. The van der Waals surface area contributed by atoms with Crippen LogP contribution in [0.1, 0.15) is 50.5 Å². The van der Waals surface area contributed by atoms with Crippen molar-refractivity contribution in [3.63, 3.8) is 0 Å². The normalized spacial score (nSPS) is 25.2. The maximum Gasteiger partial charge on any atom is 0.205 e. The molecule has 1 atom stereocenters. The third-order valence-corrected chi connectivity index (χ3v) is 5.36. The molecule has 1 saturated carbocycles. The van der Waals surface area contributed by atoms with Crippen LogP contribution in [0.5, 0.6) is 0 Å². The van der Waals surface area contributed by atoms with Crippen LogP contribution in [0.4, 0.5) is 5.13 Å². The molecule has 4 nitrogen and oxygen atoms in total. The molecule has 0 amide bonds. The molecule has 19 heavy (non-hydrogen) atoms. The molecular weight excluding hydrogens is 256 g/mol. The van der Waals surface area contributed by atoms with Gasteiger partial charge in [0.25, 0.3) is 0 Å². The third-order valence-electron chi connectivity index (χ3n) is 4.49. The first-order chi connectivity index (χ1) is 9.36. The smallest absolute Gasteiger partial charge is 0.205 e. The maximum absolute atomic E-state index is 4.32. The number of rotatable bonds is 5. The molecule has 1 aliphatic carbocycles. The first-order valence-corrected chi connectivity index (χ1v) is 8.48. The van der Waals surface area contributed by atoms with E-state index in [1.165, 1.54) is 50.1 Å². The first kappa shape index (κ1) is 13.3. The van der Waals surface area contributed by atoms with Gasteiger partial charge in [0.1, 0.15) is 5.01 Å². The fourth-order valence-corrected chi connectivity index (χ4v) is 4.47. The largest absolute Gasteiger partial charge is 0.360 e. The molecule has 1 saturated heterocycles. The van der Waals surface area contributed by atoms with Gasteiger partial charge in [0, 0.05) is 12.6 Å². The van der Waals surface area contributed by atoms with Crippen molar-refractivity contribution in [2.75, 3.05) is 18.4 Å². The van der Waals surface area contributed by atoms with E-state index >= 15 is 0 Å². The average Bonchev–Trinajstić information content (AvgIpc) is 3.11. The Hall–Kier alpha value is -0.680. The van der Waals surface area contributed by atoms with Gasteiger partial charge in [0.15, 0.2) is 0 Å².